The molecular formula is C9H20N2O. The smallest absolute Gasteiger partial charge is 0.0623 e. The third-order valence-corrected chi connectivity index (χ3v) is 2.66. The maximum Gasteiger partial charge on any atom is 0.0623 e. The number of likely N-dealkylation sites (N-methyl/N-ethyl adjacent to an activating group) is 1. The fourth-order valence-corrected chi connectivity index (χ4v) is 1.63. The molecule has 0 bridgehead atoms. The SMILES string of the molecule is CCN(C)CC1COCC1NC. The largest absolute Gasteiger partial charge is 0.379 e. The van der Waals surface area contributed by atoms with Gasteiger partial charge in [0.2, 0.25) is 0 Å². The van der Waals surface area contributed by atoms with Gasteiger partial charge in [0.1, 0.15) is 0 Å². The van der Waals surface area contributed by atoms with Crippen LogP contribution in [0.4, 0.5) is 0 Å². The summed E-state index contributed by atoms with van der Waals surface area (Å²) in [5.41, 5.74) is 0. The summed E-state index contributed by atoms with van der Waals surface area (Å²) in [4.78, 5) is 2.34. The monoisotopic (exact) mass is 172 g/mol. The molecular weight excluding hydrogens is 152 g/mol. The first-order chi connectivity index (χ1) is 5.77. The van der Waals surface area contributed by atoms with Crippen LogP contribution >= 0.6 is 0 Å². The molecule has 1 aliphatic heterocycles. The topological polar surface area (TPSA) is 24.5 Å². The normalized spacial score (nSPS) is 30.0. The van der Waals surface area contributed by atoms with E-state index in [1.54, 1.807) is 0 Å². The highest BCUT2D eigenvalue weighted by Crippen LogP contribution is 2.13. The van der Waals surface area contributed by atoms with Gasteiger partial charge in [0.15, 0.2) is 0 Å². The van der Waals surface area contributed by atoms with Crippen LogP contribution in [0.3, 0.4) is 0 Å². The average molecular weight is 172 g/mol. The van der Waals surface area contributed by atoms with Gasteiger partial charge in [0, 0.05) is 18.5 Å². The Balaban J connectivity index is 2.30. The minimum atomic E-state index is 0.555. The number of rotatable bonds is 4. The maximum atomic E-state index is 5.42. The van der Waals surface area contributed by atoms with Gasteiger partial charge in [-0.1, -0.05) is 6.92 Å². The molecule has 1 heterocycles. The van der Waals surface area contributed by atoms with Gasteiger partial charge >= 0.3 is 0 Å². The minimum Gasteiger partial charge on any atom is -0.379 e. The van der Waals surface area contributed by atoms with Crippen molar-refractivity contribution in [3.63, 3.8) is 0 Å². The Morgan fingerprint density at radius 3 is 2.83 bits per heavy atom. The molecule has 0 amide bonds. The molecule has 0 aliphatic carbocycles. The van der Waals surface area contributed by atoms with Crippen LogP contribution in [0.5, 0.6) is 0 Å². The summed E-state index contributed by atoms with van der Waals surface area (Å²) in [6.45, 7) is 6.23. The minimum absolute atomic E-state index is 0.555. The van der Waals surface area contributed by atoms with E-state index in [4.69, 9.17) is 4.74 Å². The van der Waals surface area contributed by atoms with Crippen LogP contribution in [0, 0.1) is 5.92 Å². The van der Waals surface area contributed by atoms with E-state index in [9.17, 15) is 0 Å². The third kappa shape index (κ3) is 2.44. The van der Waals surface area contributed by atoms with Crippen molar-refractivity contribution in [3.05, 3.63) is 0 Å². The zero-order chi connectivity index (χ0) is 8.97. The molecule has 0 aromatic heterocycles. The maximum absolute atomic E-state index is 5.42. The molecule has 2 atom stereocenters. The van der Waals surface area contributed by atoms with E-state index < -0.39 is 0 Å². The standard InChI is InChI=1S/C9H20N2O/c1-4-11(3)5-8-6-12-7-9(8)10-2/h8-10H,4-7H2,1-3H3. The van der Waals surface area contributed by atoms with Gasteiger partial charge in [-0.15, -0.1) is 0 Å². The van der Waals surface area contributed by atoms with E-state index in [1.165, 1.54) is 0 Å². The van der Waals surface area contributed by atoms with Crippen molar-refractivity contribution in [2.24, 2.45) is 5.92 Å². The Morgan fingerprint density at radius 2 is 2.25 bits per heavy atom. The molecule has 1 aliphatic rings. The number of nitrogens with zero attached hydrogens (tertiary/aromatic N) is 1. The number of hydrogen-bond donors (Lipinski definition) is 1. The fraction of sp³-hybridized carbons (Fsp3) is 1.00. The van der Waals surface area contributed by atoms with E-state index in [1.807, 2.05) is 7.05 Å². The molecule has 1 fully saturated rings. The highest BCUT2D eigenvalue weighted by atomic mass is 16.5. The summed E-state index contributed by atoms with van der Waals surface area (Å²) < 4.78 is 5.42. The van der Waals surface area contributed by atoms with Crippen molar-refractivity contribution >= 4 is 0 Å². The summed E-state index contributed by atoms with van der Waals surface area (Å²) >= 11 is 0. The highest BCUT2D eigenvalue weighted by Gasteiger charge is 2.27. The van der Waals surface area contributed by atoms with Gasteiger partial charge in [0.25, 0.3) is 0 Å². The predicted octanol–water partition coefficient (Wildman–Crippen LogP) is 0.173. The number of nitrogens with one attached hydrogen (secondary N) is 1. The predicted molar refractivity (Wildman–Crippen MR) is 50.3 cm³/mol. The van der Waals surface area contributed by atoms with E-state index in [-0.39, 0.29) is 0 Å². The van der Waals surface area contributed by atoms with Crippen LogP contribution in [-0.4, -0.2) is 51.3 Å². The fourth-order valence-electron chi connectivity index (χ4n) is 1.63. The molecule has 3 nitrogen and oxygen atoms in total. The number of hydrogen-bond acceptors (Lipinski definition) is 3. The molecule has 1 saturated heterocycles. The molecule has 0 saturated carbocycles. The first kappa shape index (κ1) is 9.96. The molecule has 72 valence electrons. The number of ether oxygens (including phenoxy) is 1. The van der Waals surface area contributed by atoms with Crippen LogP contribution in [0.2, 0.25) is 0 Å². The van der Waals surface area contributed by atoms with E-state index in [0.717, 1.165) is 26.3 Å². The Hall–Kier alpha value is -0.120. The van der Waals surface area contributed by atoms with Gasteiger partial charge in [-0.2, -0.15) is 0 Å². The summed E-state index contributed by atoms with van der Waals surface area (Å²) in [5, 5.41) is 3.29. The molecule has 2 unspecified atom stereocenters. The van der Waals surface area contributed by atoms with Crippen molar-refractivity contribution in [2.45, 2.75) is 13.0 Å². The van der Waals surface area contributed by atoms with Crippen molar-refractivity contribution < 1.29 is 4.74 Å². The molecule has 1 rings (SSSR count). The van der Waals surface area contributed by atoms with Gasteiger partial charge in [-0.3, -0.25) is 0 Å². The Bertz CT molecular complexity index is 130. The average Bonchev–Trinajstić information content (AvgIpc) is 2.51. The summed E-state index contributed by atoms with van der Waals surface area (Å²) in [5.74, 6) is 0.667. The van der Waals surface area contributed by atoms with Crippen LogP contribution in [0.15, 0.2) is 0 Å². The van der Waals surface area contributed by atoms with Crippen molar-refractivity contribution in [1.29, 1.82) is 0 Å². The quantitative estimate of drug-likeness (QED) is 0.654. The first-order valence-electron chi connectivity index (χ1n) is 4.71. The first-order valence-corrected chi connectivity index (χ1v) is 4.71. The molecule has 0 radical (unpaired) electrons. The second-order valence-corrected chi connectivity index (χ2v) is 3.55. The lowest BCUT2D eigenvalue weighted by molar-refractivity contribution is 0.174. The highest BCUT2D eigenvalue weighted by molar-refractivity contribution is 4.81. The van der Waals surface area contributed by atoms with Gasteiger partial charge in [-0.05, 0) is 20.6 Å². The van der Waals surface area contributed by atoms with Crippen LogP contribution in [0.1, 0.15) is 6.92 Å². The van der Waals surface area contributed by atoms with Crippen molar-refractivity contribution in [1.82, 2.24) is 10.2 Å². The summed E-state index contributed by atoms with van der Waals surface area (Å²) in [6.07, 6.45) is 0. The Morgan fingerprint density at radius 1 is 1.50 bits per heavy atom. The van der Waals surface area contributed by atoms with E-state index in [0.29, 0.717) is 12.0 Å². The van der Waals surface area contributed by atoms with Gasteiger partial charge < -0.3 is 15.0 Å². The molecule has 12 heavy (non-hydrogen) atoms. The van der Waals surface area contributed by atoms with E-state index in [2.05, 4.69) is 24.2 Å². The Kier molecular flexibility index (Phi) is 3.98. The molecule has 1 N–H and O–H groups in total. The lowest BCUT2D eigenvalue weighted by atomic mass is 10.0. The second kappa shape index (κ2) is 4.80. The van der Waals surface area contributed by atoms with Crippen LogP contribution in [-0.2, 0) is 4.74 Å². The lowest BCUT2D eigenvalue weighted by Crippen LogP contribution is -2.38. The summed E-state index contributed by atoms with van der Waals surface area (Å²) in [7, 11) is 4.17. The molecule has 3 heteroatoms. The van der Waals surface area contributed by atoms with Crippen LogP contribution < -0.4 is 5.32 Å². The second-order valence-electron chi connectivity index (χ2n) is 3.55. The zero-order valence-electron chi connectivity index (χ0n) is 8.34. The molecule has 0 aromatic carbocycles. The Labute approximate surface area is 75.1 Å². The third-order valence-electron chi connectivity index (χ3n) is 2.66. The lowest BCUT2D eigenvalue weighted by Gasteiger charge is -2.22. The van der Waals surface area contributed by atoms with Crippen LogP contribution in [0.25, 0.3) is 0 Å². The van der Waals surface area contributed by atoms with E-state index >= 15 is 0 Å². The molecule has 0 aromatic rings. The van der Waals surface area contributed by atoms with Gasteiger partial charge in [-0.25, -0.2) is 0 Å². The molecule has 0 spiro atoms. The zero-order valence-corrected chi connectivity index (χ0v) is 8.34. The van der Waals surface area contributed by atoms with Gasteiger partial charge in [0.05, 0.1) is 13.2 Å². The summed E-state index contributed by atoms with van der Waals surface area (Å²) in [6, 6.07) is 0.555. The van der Waals surface area contributed by atoms with Crippen molar-refractivity contribution in [3.8, 4) is 0 Å². The van der Waals surface area contributed by atoms with Crippen molar-refractivity contribution in [2.75, 3.05) is 40.4 Å².